The van der Waals surface area contributed by atoms with Crippen molar-refractivity contribution in [2.45, 2.75) is 38.6 Å². The van der Waals surface area contributed by atoms with Crippen LogP contribution in [0.5, 0.6) is 0 Å². The first-order chi connectivity index (χ1) is 4.67. The van der Waals surface area contributed by atoms with E-state index in [2.05, 4.69) is 13.8 Å². The molecule has 1 aliphatic rings. The molecule has 1 fully saturated rings. The average Bonchev–Trinajstić information content (AvgIpc) is 1.87. The standard InChI is InChI=1S/C8H14NO/c1-8(2)5-3-4-6-9(8)7-10/h3-6H2,1-2H3. The topological polar surface area (TPSA) is 20.3 Å². The maximum absolute atomic E-state index is 10.4. The number of nitrogens with zero attached hydrogens (tertiary/aromatic N) is 1. The molecule has 1 aliphatic heterocycles. The summed E-state index contributed by atoms with van der Waals surface area (Å²) in [6, 6.07) is 0. The zero-order valence-corrected chi connectivity index (χ0v) is 6.68. The smallest absolute Gasteiger partial charge is 0.312 e. The minimum absolute atomic E-state index is 0.0556. The van der Waals surface area contributed by atoms with Gasteiger partial charge in [0.15, 0.2) is 0 Å². The number of likely N-dealkylation sites (tertiary alicyclic amines) is 1. The second-order valence-corrected chi connectivity index (χ2v) is 3.51. The Morgan fingerprint density at radius 2 is 2.10 bits per heavy atom. The number of rotatable bonds is 1. The first kappa shape index (κ1) is 7.58. The molecule has 0 N–H and O–H groups in total. The summed E-state index contributed by atoms with van der Waals surface area (Å²) in [5.74, 6) is 0. The highest BCUT2D eigenvalue weighted by molar-refractivity contribution is 5.49. The molecule has 10 heavy (non-hydrogen) atoms. The lowest BCUT2D eigenvalue weighted by Gasteiger charge is -2.39. The van der Waals surface area contributed by atoms with Gasteiger partial charge in [0.25, 0.3) is 0 Å². The van der Waals surface area contributed by atoms with Crippen LogP contribution in [0.1, 0.15) is 33.1 Å². The van der Waals surface area contributed by atoms with E-state index in [1.165, 1.54) is 6.42 Å². The van der Waals surface area contributed by atoms with E-state index < -0.39 is 0 Å². The van der Waals surface area contributed by atoms with Crippen LogP contribution in [0.4, 0.5) is 0 Å². The Bertz CT molecular complexity index is 131. The fourth-order valence-electron chi connectivity index (χ4n) is 1.43. The molecule has 57 valence electrons. The Kier molecular flexibility index (Phi) is 1.97. The van der Waals surface area contributed by atoms with Crippen LogP contribution in [0.3, 0.4) is 0 Å². The summed E-state index contributed by atoms with van der Waals surface area (Å²) in [4.78, 5) is 12.2. The SMILES string of the molecule is CC1(C)CCCCN1[C]=O. The van der Waals surface area contributed by atoms with Crippen molar-refractivity contribution in [1.29, 1.82) is 0 Å². The molecule has 0 bridgehead atoms. The highest BCUT2D eigenvalue weighted by atomic mass is 16.1. The van der Waals surface area contributed by atoms with Gasteiger partial charge in [-0.05, 0) is 33.1 Å². The Labute approximate surface area is 62.2 Å². The van der Waals surface area contributed by atoms with E-state index in [0.717, 1.165) is 19.4 Å². The van der Waals surface area contributed by atoms with Crippen LogP contribution in [0.15, 0.2) is 0 Å². The molecule has 0 atom stereocenters. The van der Waals surface area contributed by atoms with Crippen LogP contribution in [0, 0.1) is 0 Å². The van der Waals surface area contributed by atoms with Crippen LogP contribution in [0.2, 0.25) is 0 Å². The molecule has 2 heteroatoms. The van der Waals surface area contributed by atoms with Crippen LogP contribution < -0.4 is 0 Å². The highest BCUT2D eigenvalue weighted by Gasteiger charge is 2.28. The van der Waals surface area contributed by atoms with Gasteiger partial charge in [0.05, 0.1) is 0 Å². The van der Waals surface area contributed by atoms with Crippen LogP contribution in [-0.2, 0) is 4.79 Å². The summed E-state index contributed by atoms with van der Waals surface area (Å²) >= 11 is 0. The van der Waals surface area contributed by atoms with Crippen molar-refractivity contribution in [2.24, 2.45) is 0 Å². The normalized spacial score (nSPS) is 24.4. The fraction of sp³-hybridized carbons (Fsp3) is 0.875. The molecule has 0 aromatic carbocycles. The molecule has 0 unspecified atom stereocenters. The van der Waals surface area contributed by atoms with Crippen molar-refractivity contribution in [3.63, 3.8) is 0 Å². The number of carbonyl (C=O) groups excluding carboxylic acids is 1. The van der Waals surface area contributed by atoms with Crippen molar-refractivity contribution in [3.05, 3.63) is 0 Å². The maximum atomic E-state index is 10.4. The molecule has 1 saturated heterocycles. The summed E-state index contributed by atoms with van der Waals surface area (Å²) in [6.07, 6.45) is 5.47. The molecule has 0 aromatic rings. The van der Waals surface area contributed by atoms with Gasteiger partial charge in [0.2, 0.25) is 0 Å². The van der Waals surface area contributed by atoms with Crippen molar-refractivity contribution in [1.82, 2.24) is 4.90 Å². The van der Waals surface area contributed by atoms with E-state index in [4.69, 9.17) is 0 Å². The Morgan fingerprint density at radius 3 is 2.50 bits per heavy atom. The van der Waals surface area contributed by atoms with Gasteiger partial charge >= 0.3 is 6.41 Å². The van der Waals surface area contributed by atoms with Gasteiger partial charge in [-0.15, -0.1) is 0 Å². The van der Waals surface area contributed by atoms with Crippen LogP contribution >= 0.6 is 0 Å². The lowest BCUT2D eigenvalue weighted by Crippen LogP contribution is -2.46. The predicted molar refractivity (Wildman–Crippen MR) is 40.3 cm³/mol. The third-order valence-corrected chi connectivity index (χ3v) is 2.26. The molecule has 0 aliphatic carbocycles. The van der Waals surface area contributed by atoms with Crippen molar-refractivity contribution in [2.75, 3.05) is 6.54 Å². The first-order valence-corrected chi connectivity index (χ1v) is 3.82. The minimum atomic E-state index is 0.0556. The second-order valence-electron chi connectivity index (χ2n) is 3.51. The Hall–Kier alpha value is -0.530. The second kappa shape index (κ2) is 2.60. The predicted octanol–water partition coefficient (Wildman–Crippen LogP) is 1.32. The molecule has 2 nitrogen and oxygen atoms in total. The fourth-order valence-corrected chi connectivity index (χ4v) is 1.43. The minimum Gasteiger partial charge on any atom is -0.329 e. The molecular formula is C8H14NO. The van der Waals surface area contributed by atoms with Crippen LogP contribution in [-0.4, -0.2) is 23.4 Å². The third-order valence-electron chi connectivity index (χ3n) is 2.26. The summed E-state index contributed by atoms with van der Waals surface area (Å²) < 4.78 is 0. The average molecular weight is 140 g/mol. The van der Waals surface area contributed by atoms with Gasteiger partial charge in [-0.3, -0.25) is 4.79 Å². The van der Waals surface area contributed by atoms with E-state index in [1.54, 1.807) is 4.90 Å². The van der Waals surface area contributed by atoms with E-state index >= 15 is 0 Å². The third kappa shape index (κ3) is 1.31. The van der Waals surface area contributed by atoms with Gasteiger partial charge in [0, 0.05) is 12.1 Å². The molecule has 1 rings (SSSR count). The summed E-state index contributed by atoms with van der Waals surface area (Å²) in [5.41, 5.74) is 0.0556. The van der Waals surface area contributed by atoms with Crippen molar-refractivity contribution < 1.29 is 4.79 Å². The van der Waals surface area contributed by atoms with Gasteiger partial charge < -0.3 is 4.90 Å². The lowest BCUT2D eigenvalue weighted by atomic mass is 9.91. The van der Waals surface area contributed by atoms with E-state index in [-0.39, 0.29) is 5.54 Å². The van der Waals surface area contributed by atoms with Crippen molar-refractivity contribution >= 4 is 6.41 Å². The molecule has 1 amide bonds. The van der Waals surface area contributed by atoms with Crippen molar-refractivity contribution in [3.8, 4) is 0 Å². The number of hydrogen-bond acceptors (Lipinski definition) is 1. The maximum Gasteiger partial charge on any atom is 0.312 e. The first-order valence-electron chi connectivity index (χ1n) is 3.82. The van der Waals surface area contributed by atoms with Crippen LogP contribution in [0.25, 0.3) is 0 Å². The number of piperidine rings is 1. The number of amides is 1. The summed E-state index contributed by atoms with van der Waals surface area (Å²) in [5, 5.41) is 0. The van der Waals surface area contributed by atoms with Gasteiger partial charge in [0.1, 0.15) is 0 Å². The van der Waals surface area contributed by atoms with Gasteiger partial charge in [-0.25, -0.2) is 0 Å². The molecule has 0 aromatic heterocycles. The van der Waals surface area contributed by atoms with Gasteiger partial charge in [-0.1, -0.05) is 0 Å². The van der Waals surface area contributed by atoms with E-state index in [9.17, 15) is 4.79 Å². The largest absolute Gasteiger partial charge is 0.329 e. The monoisotopic (exact) mass is 140 g/mol. The molecule has 1 radical (unpaired) electrons. The quantitative estimate of drug-likeness (QED) is 0.538. The molecule has 0 spiro atoms. The summed E-state index contributed by atoms with van der Waals surface area (Å²) in [7, 11) is 0. The molecular weight excluding hydrogens is 126 g/mol. The zero-order chi connectivity index (χ0) is 7.61. The Balaban J connectivity index is 2.59. The number of hydrogen-bond donors (Lipinski definition) is 0. The summed E-state index contributed by atoms with van der Waals surface area (Å²) in [6.45, 7) is 5.07. The van der Waals surface area contributed by atoms with Gasteiger partial charge in [-0.2, -0.15) is 0 Å². The van der Waals surface area contributed by atoms with E-state index in [1.807, 2.05) is 6.41 Å². The zero-order valence-electron chi connectivity index (χ0n) is 6.68. The lowest BCUT2D eigenvalue weighted by molar-refractivity contribution is 0.151. The highest BCUT2D eigenvalue weighted by Crippen LogP contribution is 2.25. The molecule has 1 heterocycles. The van der Waals surface area contributed by atoms with E-state index in [0.29, 0.717) is 0 Å². The Morgan fingerprint density at radius 1 is 1.40 bits per heavy atom. The molecule has 0 saturated carbocycles.